The first-order valence-corrected chi connectivity index (χ1v) is 7.45. The molecule has 0 aliphatic carbocycles. The van der Waals surface area contributed by atoms with Crippen LogP contribution in [-0.4, -0.2) is 43.8 Å². The van der Waals surface area contributed by atoms with Crippen LogP contribution in [0.5, 0.6) is 0 Å². The number of rotatable bonds is 9. The van der Waals surface area contributed by atoms with Gasteiger partial charge in [0.25, 0.3) is 0 Å². The van der Waals surface area contributed by atoms with Gasteiger partial charge in [0.15, 0.2) is 5.78 Å². The molecule has 1 aromatic rings. The van der Waals surface area contributed by atoms with Crippen LogP contribution in [0.15, 0.2) is 17.5 Å². The zero-order valence-corrected chi connectivity index (χ0v) is 12.5. The van der Waals surface area contributed by atoms with Crippen molar-refractivity contribution in [2.24, 2.45) is 0 Å². The van der Waals surface area contributed by atoms with Gasteiger partial charge in [0.1, 0.15) is 0 Å². The van der Waals surface area contributed by atoms with Crippen LogP contribution in [-0.2, 0) is 4.79 Å². The third-order valence-corrected chi connectivity index (χ3v) is 3.62. The average Bonchev–Trinajstić information content (AvgIpc) is 2.88. The number of hydrogen-bond donors (Lipinski definition) is 1. The summed E-state index contributed by atoms with van der Waals surface area (Å²) in [6.45, 7) is 1.67. The quantitative estimate of drug-likeness (QED) is 0.558. The van der Waals surface area contributed by atoms with E-state index in [9.17, 15) is 9.59 Å². The Kier molecular flexibility index (Phi) is 7.36. The fourth-order valence-electron chi connectivity index (χ4n) is 1.68. The molecular weight excluding hydrogens is 260 g/mol. The molecule has 1 N–H and O–H groups in total. The van der Waals surface area contributed by atoms with E-state index < -0.39 is 0 Å². The van der Waals surface area contributed by atoms with Gasteiger partial charge < -0.3 is 10.2 Å². The fourth-order valence-corrected chi connectivity index (χ4v) is 2.38. The maximum Gasteiger partial charge on any atom is 0.220 e. The Hall–Kier alpha value is -1.20. The summed E-state index contributed by atoms with van der Waals surface area (Å²) < 4.78 is 0. The van der Waals surface area contributed by atoms with Gasteiger partial charge in [0, 0.05) is 19.4 Å². The van der Waals surface area contributed by atoms with E-state index in [0.29, 0.717) is 25.8 Å². The molecule has 0 spiro atoms. The van der Waals surface area contributed by atoms with Crippen molar-refractivity contribution in [3.05, 3.63) is 22.4 Å². The van der Waals surface area contributed by atoms with E-state index in [1.165, 1.54) is 11.3 Å². The molecule has 0 bridgehead atoms. The van der Waals surface area contributed by atoms with Gasteiger partial charge >= 0.3 is 0 Å². The summed E-state index contributed by atoms with van der Waals surface area (Å²) in [6, 6.07) is 3.70. The molecule has 0 unspecified atom stereocenters. The molecule has 19 heavy (non-hydrogen) atoms. The summed E-state index contributed by atoms with van der Waals surface area (Å²) in [5.41, 5.74) is 0. The van der Waals surface area contributed by atoms with Crippen LogP contribution in [0.25, 0.3) is 0 Å². The summed E-state index contributed by atoms with van der Waals surface area (Å²) in [6.07, 6.45) is 2.45. The number of carbonyl (C=O) groups is 2. The van der Waals surface area contributed by atoms with Crippen molar-refractivity contribution in [2.45, 2.75) is 25.7 Å². The highest BCUT2D eigenvalue weighted by Gasteiger charge is 2.08. The lowest BCUT2D eigenvalue weighted by Gasteiger charge is -2.09. The maximum atomic E-state index is 11.7. The molecular formula is C14H22N2O2S. The molecule has 106 valence electrons. The lowest BCUT2D eigenvalue weighted by atomic mass is 10.1. The first kappa shape index (κ1) is 15.9. The predicted octanol–water partition coefficient (Wildman–Crippen LogP) is 2.17. The molecule has 4 nitrogen and oxygen atoms in total. The second kappa shape index (κ2) is 8.82. The van der Waals surface area contributed by atoms with Gasteiger partial charge in [-0.3, -0.25) is 9.59 Å². The van der Waals surface area contributed by atoms with Gasteiger partial charge in [0.2, 0.25) is 5.91 Å². The number of ketones is 1. The zero-order valence-electron chi connectivity index (χ0n) is 11.6. The molecule has 0 aromatic carbocycles. The van der Waals surface area contributed by atoms with Gasteiger partial charge in [0.05, 0.1) is 4.88 Å². The molecule has 0 aliphatic heterocycles. The molecule has 1 amide bonds. The maximum absolute atomic E-state index is 11.7. The van der Waals surface area contributed by atoms with Gasteiger partial charge in [-0.1, -0.05) is 6.07 Å². The molecule has 0 atom stereocenters. The highest BCUT2D eigenvalue weighted by molar-refractivity contribution is 7.12. The molecule has 0 fully saturated rings. The number of amides is 1. The van der Waals surface area contributed by atoms with E-state index in [0.717, 1.165) is 17.8 Å². The Morgan fingerprint density at radius 1 is 1.26 bits per heavy atom. The largest absolute Gasteiger partial charge is 0.356 e. The number of nitrogens with zero attached hydrogens (tertiary/aromatic N) is 1. The molecule has 0 aliphatic rings. The number of thiophene rings is 1. The third kappa shape index (κ3) is 7.08. The van der Waals surface area contributed by atoms with Crippen LogP contribution in [0.1, 0.15) is 35.4 Å². The van der Waals surface area contributed by atoms with Crippen molar-refractivity contribution >= 4 is 23.0 Å². The number of hydrogen-bond acceptors (Lipinski definition) is 4. The van der Waals surface area contributed by atoms with E-state index in [4.69, 9.17) is 0 Å². The molecule has 1 aromatic heterocycles. The number of carbonyl (C=O) groups excluding carboxylic acids is 2. The number of nitrogens with one attached hydrogen (secondary N) is 1. The lowest BCUT2D eigenvalue weighted by Crippen LogP contribution is -2.26. The van der Waals surface area contributed by atoms with Crippen LogP contribution >= 0.6 is 11.3 Å². The normalized spacial score (nSPS) is 10.7. The van der Waals surface area contributed by atoms with Crippen LogP contribution in [0.3, 0.4) is 0 Å². The van der Waals surface area contributed by atoms with Crippen LogP contribution in [0.4, 0.5) is 0 Å². The van der Waals surface area contributed by atoms with Crippen LogP contribution < -0.4 is 5.32 Å². The Morgan fingerprint density at radius 2 is 2.05 bits per heavy atom. The molecule has 0 saturated heterocycles. The summed E-state index contributed by atoms with van der Waals surface area (Å²) >= 11 is 1.45. The van der Waals surface area contributed by atoms with Crippen molar-refractivity contribution in [2.75, 3.05) is 27.2 Å². The first-order valence-electron chi connectivity index (χ1n) is 6.57. The smallest absolute Gasteiger partial charge is 0.220 e. The Morgan fingerprint density at radius 3 is 2.68 bits per heavy atom. The van der Waals surface area contributed by atoms with E-state index in [2.05, 4.69) is 10.2 Å². The highest BCUT2D eigenvalue weighted by atomic mass is 32.1. The molecule has 0 saturated carbocycles. The van der Waals surface area contributed by atoms with E-state index in [1.54, 1.807) is 0 Å². The Bertz CT molecular complexity index is 388. The molecule has 1 heterocycles. The van der Waals surface area contributed by atoms with E-state index in [-0.39, 0.29) is 11.7 Å². The molecule has 0 radical (unpaired) electrons. The summed E-state index contributed by atoms with van der Waals surface area (Å²) in [5.74, 6) is 0.174. The van der Waals surface area contributed by atoms with Gasteiger partial charge in [-0.15, -0.1) is 11.3 Å². The third-order valence-electron chi connectivity index (χ3n) is 2.71. The van der Waals surface area contributed by atoms with Crippen LogP contribution in [0, 0.1) is 0 Å². The Labute approximate surface area is 118 Å². The topological polar surface area (TPSA) is 49.4 Å². The van der Waals surface area contributed by atoms with E-state index >= 15 is 0 Å². The van der Waals surface area contributed by atoms with Crippen molar-refractivity contribution in [1.29, 1.82) is 0 Å². The van der Waals surface area contributed by atoms with Crippen LogP contribution in [0.2, 0.25) is 0 Å². The fraction of sp³-hybridized carbons (Fsp3) is 0.571. The Balaban J connectivity index is 2.06. The zero-order chi connectivity index (χ0) is 14.1. The van der Waals surface area contributed by atoms with Crippen molar-refractivity contribution < 1.29 is 9.59 Å². The standard InChI is InChI=1S/C14H22N2O2S/c1-16(2)10-5-9-15-14(18)8-3-6-12(17)13-7-4-11-19-13/h4,7,11H,3,5-6,8-10H2,1-2H3,(H,15,18). The summed E-state index contributed by atoms with van der Waals surface area (Å²) in [4.78, 5) is 26.1. The van der Waals surface area contributed by atoms with Gasteiger partial charge in [-0.2, -0.15) is 0 Å². The average molecular weight is 282 g/mol. The van der Waals surface area contributed by atoms with E-state index in [1.807, 2.05) is 31.6 Å². The second-order valence-corrected chi connectivity index (χ2v) is 5.71. The minimum absolute atomic E-state index is 0.0396. The highest BCUT2D eigenvalue weighted by Crippen LogP contribution is 2.12. The lowest BCUT2D eigenvalue weighted by molar-refractivity contribution is -0.121. The molecule has 5 heteroatoms. The molecule has 1 rings (SSSR count). The van der Waals surface area contributed by atoms with Gasteiger partial charge in [-0.25, -0.2) is 0 Å². The number of Topliss-reactive ketones (excluding diaryl/α,β-unsaturated/α-hetero) is 1. The van der Waals surface area contributed by atoms with Crippen molar-refractivity contribution in [1.82, 2.24) is 10.2 Å². The van der Waals surface area contributed by atoms with Crippen molar-refractivity contribution in [3.63, 3.8) is 0 Å². The first-order chi connectivity index (χ1) is 9.09. The predicted molar refractivity (Wildman–Crippen MR) is 78.7 cm³/mol. The summed E-state index contributed by atoms with van der Waals surface area (Å²) in [7, 11) is 4.02. The second-order valence-electron chi connectivity index (χ2n) is 4.76. The minimum Gasteiger partial charge on any atom is -0.356 e. The van der Waals surface area contributed by atoms with Crippen molar-refractivity contribution in [3.8, 4) is 0 Å². The monoisotopic (exact) mass is 282 g/mol. The SMILES string of the molecule is CN(C)CCCNC(=O)CCCC(=O)c1cccs1. The van der Waals surface area contributed by atoms with Gasteiger partial charge in [-0.05, 0) is 44.9 Å². The minimum atomic E-state index is 0.0396. The summed E-state index contributed by atoms with van der Waals surface area (Å²) in [5, 5.41) is 4.77.